The lowest BCUT2D eigenvalue weighted by Crippen LogP contribution is -2.37. The van der Waals surface area contributed by atoms with E-state index in [1.807, 2.05) is 0 Å². The molecule has 1 rings (SSSR count). The molecule has 0 aliphatic rings. The average Bonchev–Trinajstić information content (AvgIpc) is 2.32. The number of alkyl halides is 6. The monoisotopic (exact) mass is 316 g/mol. The van der Waals surface area contributed by atoms with Crippen LogP contribution in [0.15, 0.2) is 24.3 Å². The standard InChI is InChI=1S/C11H10F6N2O2/c12-10(13,14)6-19-9(20)5-18-7-3-1-2-4-8(7)21-11(15,16)17/h1-4,18H,5-6H2,(H,19,20). The number of ether oxygens (including phenoxy) is 1. The summed E-state index contributed by atoms with van der Waals surface area (Å²) in [4.78, 5) is 11.1. The SMILES string of the molecule is O=C(CNc1ccccc1OC(F)(F)F)NCC(F)(F)F. The van der Waals surface area contributed by atoms with Crippen molar-refractivity contribution in [2.75, 3.05) is 18.4 Å². The van der Waals surface area contributed by atoms with Crippen LogP contribution in [-0.4, -0.2) is 31.5 Å². The lowest BCUT2D eigenvalue weighted by atomic mass is 10.3. The normalized spacial score (nSPS) is 11.9. The van der Waals surface area contributed by atoms with E-state index >= 15 is 0 Å². The highest BCUT2D eigenvalue weighted by molar-refractivity contribution is 5.81. The molecule has 0 saturated carbocycles. The highest BCUT2D eigenvalue weighted by atomic mass is 19.4. The Morgan fingerprint density at radius 2 is 1.71 bits per heavy atom. The Kier molecular flexibility index (Phi) is 5.28. The summed E-state index contributed by atoms with van der Waals surface area (Å²) in [5, 5.41) is 3.84. The van der Waals surface area contributed by atoms with E-state index in [-0.39, 0.29) is 5.69 Å². The van der Waals surface area contributed by atoms with Crippen LogP contribution in [0.5, 0.6) is 5.75 Å². The average molecular weight is 316 g/mol. The van der Waals surface area contributed by atoms with Gasteiger partial charge in [-0.1, -0.05) is 12.1 Å². The van der Waals surface area contributed by atoms with E-state index in [2.05, 4.69) is 10.1 Å². The van der Waals surface area contributed by atoms with Crippen molar-refractivity contribution in [3.8, 4) is 5.75 Å². The number of carbonyl (C=O) groups is 1. The highest BCUT2D eigenvalue weighted by Crippen LogP contribution is 2.29. The predicted molar refractivity (Wildman–Crippen MR) is 60.7 cm³/mol. The lowest BCUT2D eigenvalue weighted by molar-refractivity contribution is -0.274. The molecule has 4 nitrogen and oxygen atoms in total. The second-order valence-electron chi connectivity index (χ2n) is 3.79. The van der Waals surface area contributed by atoms with Gasteiger partial charge in [0.15, 0.2) is 5.75 Å². The largest absolute Gasteiger partial charge is 0.573 e. The molecule has 0 radical (unpaired) electrons. The molecule has 0 aliphatic heterocycles. The Morgan fingerprint density at radius 3 is 2.29 bits per heavy atom. The van der Waals surface area contributed by atoms with Gasteiger partial charge in [0.25, 0.3) is 0 Å². The van der Waals surface area contributed by atoms with Crippen molar-refractivity contribution in [3.63, 3.8) is 0 Å². The maximum Gasteiger partial charge on any atom is 0.573 e. The van der Waals surface area contributed by atoms with Gasteiger partial charge in [-0.2, -0.15) is 13.2 Å². The van der Waals surface area contributed by atoms with Gasteiger partial charge in [0.05, 0.1) is 12.2 Å². The van der Waals surface area contributed by atoms with E-state index in [1.54, 1.807) is 5.32 Å². The Morgan fingerprint density at radius 1 is 1.10 bits per heavy atom. The van der Waals surface area contributed by atoms with Crippen molar-refractivity contribution in [3.05, 3.63) is 24.3 Å². The summed E-state index contributed by atoms with van der Waals surface area (Å²) in [5.74, 6) is -1.61. The second kappa shape index (κ2) is 6.55. The fraction of sp³-hybridized carbons (Fsp3) is 0.364. The molecular formula is C11H10F6N2O2. The molecule has 0 spiro atoms. The highest BCUT2D eigenvalue weighted by Gasteiger charge is 2.32. The fourth-order valence-electron chi connectivity index (χ4n) is 1.26. The van der Waals surface area contributed by atoms with Crippen LogP contribution in [0.1, 0.15) is 0 Å². The first-order chi connectivity index (χ1) is 9.57. The zero-order chi connectivity index (χ0) is 16.1. The van der Waals surface area contributed by atoms with Gasteiger partial charge in [0.2, 0.25) is 5.91 Å². The summed E-state index contributed by atoms with van der Waals surface area (Å²) in [7, 11) is 0. The number of amides is 1. The summed E-state index contributed by atoms with van der Waals surface area (Å²) in [5.41, 5.74) is -0.169. The third-order valence-electron chi connectivity index (χ3n) is 2.04. The predicted octanol–water partition coefficient (Wildman–Crippen LogP) is 2.68. The first-order valence-corrected chi connectivity index (χ1v) is 5.49. The van der Waals surface area contributed by atoms with Gasteiger partial charge in [0, 0.05) is 0 Å². The molecule has 0 unspecified atom stereocenters. The molecular weight excluding hydrogens is 306 g/mol. The zero-order valence-electron chi connectivity index (χ0n) is 10.3. The van der Waals surface area contributed by atoms with Crippen molar-refractivity contribution in [2.24, 2.45) is 0 Å². The molecule has 0 aromatic heterocycles. The van der Waals surface area contributed by atoms with Crippen LogP contribution in [-0.2, 0) is 4.79 Å². The van der Waals surface area contributed by atoms with Gasteiger partial charge in [-0.15, -0.1) is 13.2 Å². The van der Waals surface area contributed by atoms with Gasteiger partial charge in [-0.25, -0.2) is 0 Å². The molecule has 1 aromatic carbocycles. The van der Waals surface area contributed by atoms with E-state index in [1.165, 1.54) is 18.2 Å². The minimum atomic E-state index is -4.92. The first kappa shape index (κ1) is 16.9. The molecule has 0 aliphatic carbocycles. The van der Waals surface area contributed by atoms with E-state index in [9.17, 15) is 31.1 Å². The molecule has 21 heavy (non-hydrogen) atoms. The summed E-state index contributed by atoms with van der Waals surface area (Å²) in [6, 6.07) is 4.84. The number of nitrogens with one attached hydrogen (secondary N) is 2. The number of hydrogen-bond acceptors (Lipinski definition) is 3. The van der Waals surface area contributed by atoms with Crippen LogP contribution in [0.2, 0.25) is 0 Å². The number of benzene rings is 1. The number of carbonyl (C=O) groups excluding carboxylic acids is 1. The van der Waals surface area contributed by atoms with Gasteiger partial charge >= 0.3 is 12.5 Å². The summed E-state index contributed by atoms with van der Waals surface area (Å²) in [6.45, 7) is -2.15. The fourth-order valence-corrected chi connectivity index (χ4v) is 1.26. The van der Waals surface area contributed by atoms with Crippen molar-refractivity contribution in [1.82, 2.24) is 5.32 Å². The van der Waals surface area contributed by atoms with Crippen LogP contribution in [0.3, 0.4) is 0 Å². The van der Waals surface area contributed by atoms with Gasteiger partial charge in [-0.3, -0.25) is 4.79 Å². The third-order valence-corrected chi connectivity index (χ3v) is 2.04. The molecule has 1 amide bonds. The van der Waals surface area contributed by atoms with Crippen LogP contribution in [0, 0.1) is 0 Å². The lowest BCUT2D eigenvalue weighted by Gasteiger charge is -2.14. The number of anilines is 1. The summed E-state index contributed by atoms with van der Waals surface area (Å²) >= 11 is 0. The van der Waals surface area contributed by atoms with Crippen LogP contribution in [0.25, 0.3) is 0 Å². The van der Waals surface area contributed by atoms with E-state index < -0.39 is 37.3 Å². The Hall–Kier alpha value is -2.13. The third kappa shape index (κ3) is 7.28. The minimum Gasteiger partial charge on any atom is -0.404 e. The second-order valence-corrected chi connectivity index (χ2v) is 3.79. The van der Waals surface area contributed by atoms with Gasteiger partial charge < -0.3 is 15.4 Å². The Labute approximate surface area is 115 Å². The zero-order valence-corrected chi connectivity index (χ0v) is 10.3. The van der Waals surface area contributed by atoms with Gasteiger partial charge in [-0.05, 0) is 12.1 Å². The smallest absolute Gasteiger partial charge is 0.404 e. The van der Waals surface area contributed by atoms with Crippen molar-refractivity contribution < 1.29 is 35.9 Å². The van der Waals surface area contributed by atoms with Crippen molar-refractivity contribution in [2.45, 2.75) is 12.5 Å². The molecule has 2 N–H and O–H groups in total. The van der Waals surface area contributed by atoms with Crippen LogP contribution >= 0.6 is 0 Å². The quantitative estimate of drug-likeness (QED) is 0.821. The van der Waals surface area contributed by atoms with E-state index in [4.69, 9.17) is 0 Å². The maximum atomic E-state index is 12.1. The van der Waals surface area contributed by atoms with Crippen molar-refractivity contribution >= 4 is 11.6 Å². The molecule has 0 bridgehead atoms. The number of halogens is 6. The molecule has 0 atom stereocenters. The number of hydrogen-bond donors (Lipinski definition) is 2. The number of para-hydroxylation sites is 2. The summed E-state index contributed by atoms with van der Waals surface area (Å²) in [6.07, 6.45) is -9.48. The summed E-state index contributed by atoms with van der Waals surface area (Å²) < 4.78 is 75.6. The topological polar surface area (TPSA) is 50.4 Å². The van der Waals surface area contributed by atoms with Crippen LogP contribution in [0.4, 0.5) is 32.0 Å². The van der Waals surface area contributed by atoms with Gasteiger partial charge in [0.1, 0.15) is 6.54 Å². The maximum absolute atomic E-state index is 12.1. The molecule has 118 valence electrons. The number of rotatable bonds is 5. The van der Waals surface area contributed by atoms with Crippen molar-refractivity contribution in [1.29, 1.82) is 0 Å². The Balaban J connectivity index is 2.57. The van der Waals surface area contributed by atoms with E-state index in [0.717, 1.165) is 6.07 Å². The molecule has 1 aromatic rings. The van der Waals surface area contributed by atoms with E-state index in [0.29, 0.717) is 0 Å². The molecule has 10 heteroatoms. The van der Waals surface area contributed by atoms with Crippen LogP contribution < -0.4 is 15.4 Å². The minimum absolute atomic E-state index is 0.169. The molecule has 0 heterocycles. The molecule has 0 saturated heterocycles. The molecule has 0 fully saturated rings. The first-order valence-electron chi connectivity index (χ1n) is 5.49. The Bertz CT molecular complexity index is 486.